The first-order valence-electron chi connectivity index (χ1n) is 6.33. The topological polar surface area (TPSA) is 114 Å². The van der Waals surface area contributed by atoms with E-state index in [2.05, 4.69) is 5.32 Å². The number of rotatable bonds is 6. The number of amides is 2. The van der Waals surface area contributed by atoms with Crippen LogP contribution in [0.3, 0.4) is 0 Å². The number of aromatic hydroxyl groups is 1. The number of urea groups is 1. The van der Waals surface area contributed by atoms with E-state index in [0.717, 1.165) is 0 Å². The van der Waals surface area contributed by atoms with Gasteiger partial charge in [-0.1, -0.05) is 12.1 Å². The Bertz CT molecular complexity index is 536. The van der Waals surface area contributed by atoms with Crippen molar-refractivity contribution in [2.24, 2.45) is 0 Å². The van der Waals surface area contributed by atoms with Crippen molar-refractivity contribution in [3.8, 4) is 11.8 Å². The maximum atomic E-state index is 11.8. The molecule has 1 atom stereocenters. The summed E-state index contributed by atoms with van der Waals surface area (Å²) >= 11 is 0. The number of benzene rings is 1. The van der Waals surface area contributed by atoms with Gasteiger partial charge in [0.25, 0.3) is 0 Å². The number of nitrogens with one attached hydrogen (secondary N) is 1. The van der Waals surface area contributed by atoms with Gasteiger partial charge < -0.3 is 20.4 Å². The Hall–Kier alpha value is -2.75. The first-order chi connectivity index (χ1) is 9.93. The average Bonchev–Trinajstić information content (AvgIpc) is 2.45. The summed E-state index contributed by atoms with van der Waals surface area (Å²) in [5.41, 5.74) is 0.681. The Morgan fingerprint density at radius 1 is 1.38 bits per heavy atom. The third kappa shape index (κ3) is 5.40. The molecule has 1 unspecified atom stereocenters. The minimum atomic E-state index is -1.15. The maximum absolute atomic E-state index is 11.8. The number of nitrogens with zero attached hydrogens (tertiary/aromatic N) is 2. The summed E-state index contributed by atoms with van der Waals surface area (Å²) in [6, 6.07) is 6.39. The lowest BCUT2D eigenvalue weighted by atomic mass is 10.1. The van der Waals surface area contributed by atoms with Gasteiger partial charge >= 0.3 is 12.0 Å². The monoisotopic (exact) mass is 291 g/mol. The molecule has 0 aliphatic rings. The van der Waals surface area contributed by atoms with Crippen LogP contribution in [-0.2, 0) is 11.2 Å². The molecular formula is C14H17N3O4. The molecule has 0 fully saturated rings. The van der Waals surface area contributed by atoms with Crippen LogP contribution in [0.4, 0.5) is 4.79 Å². The molecule has 112 valence electrons. The van der Waals surface area contributed by atoms with Crippen LogP contribution in [0.15, 0.2) is 24.3 Å². The van der Waals surface area contributed by atoms with Crippen LogP contribution < -0.4 is 5.32 Å². The number of aliphatic carboxylic acids is 1. The molecule has 0 radical (unpaired) electrons. The van der Waals surface area contributed by atoms with Crippen LogP contribution in [-0.4, -0.2) is 46.7 Å². The summed E-state index contributed by atoms with van der Waals surface area (Å²) in [5.74, 6) is -1.06. The zero-order valence-electron chi connectivity index (χ0n) is 11.6. The SMILES string of the molecule is CN(CCC#N)C(=O)NC(Cc1ccc(O)cc1)C(=O)O. The quantitative estimate of drug-likeness (QED) is 0.722. The van der Waals surface area contributed by atoms with Gasteiger partial charge in [-0.3, -0.25) is 0 Å². The van der Waals surface area contributed by atoms with Gasteiger partial charge in [0.15, 0.2) is 0 Å². The number of carbonyl (C=O) groups excluding carboxylic acids is 1. The fourth-order valence-corrected chi connectivity index (χ4v) is 1.65. The fourth-order valence-electron chi connectivity index (χ4n) is 1.65. The van der Waals surface area contributed by atoms with Crippen LogP contribution in [0, 0.1) is 11.3 Å². The molecular weight excluding hydrogens is 274 g/mol. The molecule has 7 nitrogen and oxygen atoms in total. The Labute approximate surface area is 122 Å². The summed E-state index contributed by atoms with van der Waals surface area (Å²) in [4.78, 5) is 24.3. The van der Waals surface area contributed by atoms with Crippen LogP contribution in [0.1, 0.15) is 12.0 Å². The lowest BCUT2D eigenvalue weighted by Crippen LogP contribution is -2.47. The normalized spacial score (nSPS) is 11.2. The molecule has 0 aliphatic carbocycles. The number of nitriles is 1. The smallest absolute Gasteiger partial charge is 0.326 e. The average molecular weight is 291 g/mol. The largest absolute Gasteiger partial charge is 0.508 e. The second-order valence-corrected chi connectivity index (χ2v) is 4.54. The molecule has 1 rings (SSSR count). The van der Waals surface area contributed by atoms with E-state index in [1.54, 1.807) is 12.1 Å². The van der Waals surface area contributed by atoms with Gasteiger partial charge in [0.05, 0.1) is 12.5 Å². The number of hydrogen-bond donors (Lipinski definition) is 3. The highest BCUT2D eigenvalue weighted by Crippen LogP contribution is 2.11. The molecule has 0 spiro atoms. The lowest BCUT2D eigenvalue weighted by molar-refractivity contribution is -0.139. The lowest BCUT2D eigenvalue weighted by Gasteiger charge is -2.20. The summed E-state index contributed by atoms with van der Waals surface area (Å²) in [6.45, 7) is 0.230. The first-order valence-corrected chi connectivity index (χ1v) is 6.33. The Morgan fingerprint density at radius 2 is 2.00 bits per heavy atom. The molecule has 0 bridgehead atoms. The van der Waals surface area contributed by atoms with Crippen LogP contribution >= 0.6 is 0 Å². The van der Waals surface area contributed by atoms with Gasteiger partial charge in [-0.2, -0.15) is 5.26 Å². The van der Waals surface area contributed by atoms with Crippen molar-refractivity contribution in [1.82, 2.24) is 10.2 Å². The minimum absolute atomic E-state index is 0.0888. The number of phenolic OH excluding ortho intramolecular Hbond substituents is 1. The predicted octanol–water partition coefficient (Wildman–Crippen LogP) is 0.943. The number of carboxylic acid groups (broad SMARTS) is 1. The second kappa shape index (κ2) is 7.75. The molecule has 2 amide bonds. The van der Waals surface area contributed by atoms with E-state index in [9.17, 15) is 14.7 Å². The highest BCUT2D eigenvalue weighted by atomic mass is 16.4. The Balaban J connectivity index is 2.65. The van der Waals surface area contributed by atoms with E-state index in [-0.39, 0.29) is 25.1 Å². The van der Waals surface area contributed by atoms with Gasteiger partial charge in [0, 0.05) is 20.0 Å². The van der Waals surface area contributed by atoms with Gasteiger partial charge in [0.2, 0.25) is 0 Å². The van der Waals surface area contributed by atoms with Crippen molar-refractivity contribution in [2.75, 3.05) is 13.6 Å². The first kappa shape index (κ1) is 16.3. The second-order valence-electron chi connectivity index (χ2n) is 4.54. The molecule has 1 aromatic carbocycles. The van der Waals surface area contributed by atoms with E-state index in [4.69, 9.17) is 10.4 Å². The minimum Gasteiger partial charge on any atom is -0.508 e. The summed E-state index contributed by atoms with van der Waals surface area (Å²) < 4.78 is 0. The molecule has 1 aromatic rings. The number of phenols is 1. The van der Waals surface area contributed by atoms with E-state index >= 15 is 0 Å². The third-order valence-corrected chi connectivity index (χ3v) is 2.88. The van der Waals surface area contributed by atoms with Crippen LogP contribution in [0.5, 0.6) is 5.75 Å². The number of carbonyl (C=O) groups is 2. The number of carboxylic acids is 1. The van der Waals surface area contributed by atoms with E-state index in [1.807, 2.05) is 6.07 Å². The third-order valence-electron chi connectivity index (χ3n) is 2.88. The molecule has 0 saturated carbocycles. The van der Waals surface area contributed by atoms with Crippen molar-refractivity contribution in [2.45, 2.75) is 18.9 Å². The fraction of sp³-hybridized carbons (Fsp3) is 0.357. The molecule has 7 heteroatoms. The van der Waals surface area contributed by atoms with E-state index < -0.39 is 18.0 Å². The van der Waals surface area contributed by atoms with Gasteiger partial charge in [-0.15, -0.1) is 0 Å². The summed E-state index contributed by atoms with van der Waals surface area (Å²) in [5, 5.41) is 29.2. The van der Waals surface area contributed by atoms with E-state index in [0.29, 0.717) is 5.56 Å². The van der Waals surface area contributed by atoms with Crippen molar-refractivity contribution in [3.05, 3.63) is 29.8 Å². The highest BCUT2D eigenvalue weighted by molar-refractivity contribution is 5.82. The Kier molecular flexibility index (Phi) is 6.01. The molecule has 0 aromatic heterocycles. The zero-order chi connectivity index (χ0) is 15.8. The van der Waals surface area contributed by atoms with Gasteiger partial charge in [0.1, 0.15) is 11.8 Å². The van der Waals surface area contributed by atoms with Crippen molar-refractivity contribution >= 4 is 12.0 Å². The summed E-state index contributed by atoms with van der Waals surface area (Å²) in [7, 11) is 1.49. The van der Waals surface area contributed by atoms with Gasteiger partial charge in [-0.25, -0.2) is 9.59 Å². The molecule has 3 N–H and O–H groups in total. The summed E-state index contributed by atoms with van der Waals surface area (Å²) in [6.07, 6.45) is 0.285. The van der Waals surface area contributed by atoms with Crippen LogP contribution in [0.25, 0.3) is 0 Å². The van der Waals surface area contributed by atoms with Crippen molar-refractivity contribution < 1.29 is 19.8 Å². The van der Waals surface area contributed by atoms with Gasteiger partial charge in [-0.05, 0) is 17.7 Å². The van der Waals surface area contributed by atoms with Crippen LogP contribution in [0.2, 0.25) is 0 Å². The van der Waals surface area contributed by atoms with E-state index in [1.165, 1.54) is 24.1 Å². The molecule has 21 heavy (non-hydrogen) atoms. The maximum Gasteiger partial charge on any atom is 0.326 e. The standard InChI is InChI=1S/C14H17N3O4/c1-17(8-2-7-15)14(21)16-12(13(19)20)9-10-3-5-11(18)6-4-10/h3-6,12,18H,2,8-9H2,1H3,(H,16,21)(H,19,20). The molecule has 0 heterocycles. The highest BCUT2D eigenvalue weighted by Gasteiger charge is 2.22. The van der Waals surface area contributed by atoms with Crippen molar-refractivity contribution in [1.29, 1.82) is 5.26 Å². The Morgan fingerprint density at radius 3 is 2.52 bits per heavy atom. The van der Waals surface area contributed by atoms with Crippen molar-refractivity contribution in [3.63, 3.8) is 0 Å². The zero-order valence-corrected chi connectivity index (χ0v) is 11.6. The predicted molar refractivity (Wildman–Crippen MR) is 74.6 cm³/mol. The molecule has 0 saturated heterocycles. The molecule has 0 aliphatic heterocycles. The number of hydrogen-bond acceptors (Lipinski definition) is 4.